The molecule has 20 heteroatoms. The van der Waals surface area contributed by atoms with E-state index in [2.05, 4.69) is 26.7 Å². The Labute approximate surface area is 383 Å². The van der Waals surface area contributed by atoms with Gasteiger partial charge in [0.2, 0.25) is 35.4 Å². The van der Waals surface area contributed by atoms with Crippen molar-refractivity contribution in [1.82, 2.24) is 36.1 Å². The highest BCUT2D eigenvalue weighted by Crippen LogP contribution is 2.29. The van der Waals surface area contributed by atoms with Gasteiger partial charge in [-0.3, -0.25) is 48.1 Å². The number of likely N-dealkylation sites (N-methyl/N-ethyl adjacent to an activating group) is 2. The van der Waals surface area contributed by atoms with Crippen molar-refractivity contribution >= 4 is 53.0 Å². The number of likely N-dealkylation sites (tertiary alicyclic amines) is 1. The van der Waals surface area contributed by atoms with Gasteiger partial charge < -0.3 is 45.6 Å². The molecule has 1 fully saturated rings. The van der Waals surface area contributed by atoms with E-state index < -0.39 is 71.9 Å². The fourth-order valence-electron chi connectivity index (χ4n) is 8.13. The van der Waals surface area contributed by atoms with Crippen LogP contribution in [0.25, 0.3) is 0 Å². The summed E-state index contributed by atoms with van der Waals surface area (Å²) in [6.07, 6.45) is 0.615. The van der Waals surface area contributed by atoms with E-state index in [0.717, 1.165) is 0 Å². The molecule has 1 aromatic rings. The molecule has 7 amide bonds. The number of nitrogens with zero attached hydrogens (tertiary/aromatic N) is 3. The minimum atomic E-state index is -1.00. The summed E-state index contributed by atoms with van der Waals surface area (Å²) < 4.78 is 11.7. The molecule has 65 heavy (non-hydrogen) atoms. The van der Waals surface area contributed by atoms with Crippen LogP contribution in [0.4, 0.5) is 5.69 Å². The minimum absolute atomic E-state index is 0.0109. The first kappa shape index (κ1) is 56.0. The van der Waals surface area contributed by atoms with Gasteiger partial charge in [0.15, 0.2) is 0 Å². The van der Waals surface area contributed by atoms with E-state index >= 15 is 0 Å². The molecule has 1 aromatic carbocycles. The molecule has 0 saturated carbocycles. The molecule has 366 valence electrons. The van der Waals surface area contributed by atoms with Crippen LogP contribution in [0.3, 0.4) is 0 Å². The van der Waals surface area contributed by atoms with Gasteiger partial charge in [0, 0.05) is 46.3 Å². The maximum Gasteiger partial charge on any atom is 0.303 e. The van der Waals surface area contributed by atoms with Crippen molar-refractivity contribution in [1.29, 1.82) is 0 Å². The molecule has 6 N–H and O–H groups in total. The van der Waals surface area contributed by atoms with Crippen molar-refractivity contribution in [3.63, 3.8) is 0 Å². The normalized spacial score (nSPS) is 16.9. The molecule has 2 rings (SSSR count). The summed E-state index contributed by atoms with van der Waals surface area (Å²) in [6, 6.07) is 4.41. The second-order valence-electron chi connectivity index (χ2n) is 17.3. The van der Waals surface area contributed by atoms with E-state index in [1.54, 1.807) is 48.0 Å². The van der Waals surface area contributed by atoms with Crippen LogP contribution in [0.5, 0.6) is 0 Å². The van der Waals surface area contributed by atoms with Crippen LogP contribution in [0.1, 0.15) is 92.1 Å². The molecule has 0 spiro atoms. The zero-order chi connectivity index (χ0) is 49.0. The zero-order valence-corrected chi connectivity index (χ0v) is 40.1. The van der Waals surface area contributed by atoms with E-state index in [1.165, 1.54) is 21.1 Å². The summed E-state index contributed by atoms with van der Waals surface area (Å²) >= 11 is 0. The highest BCUT2D eigenvalue weighted by molar-refractivity contribution is 5.97. The Morgan fingerprint density at radius 1 is 0.846 bits per heavy atom. The molecule has 0 aliphatic carbocycles. The summed E-state index contributed by atoms with van der Waals surface area (Å²) in [4.78, 5) is 112. The number of anilines is 1. The number of amides is 7. The number of hydrogen-bond donors (Lipinski definition) is 6. The highest BCUT2D eigenvalue weighted by atomic mass is 16.6. The molecular formula is C45H74N8O12. The summed E-state index contributed by atoms with van der Waals surface area (Å²) in [5.74, 6) is -4.48. The summed E-state index contributed by atoms with van der Waals surface area (Å²) in [5, 5.41) is 19.3. The van der Waals surface area contributed by atoms with Gasteiger partial charge in [-0.1, -0.05) is 53.2 Å². The molecule has 0 aromatic heterocycles. The quantitative estimate of drug-likeness (QED) is 0.0656. The van der Waals surface area contributed by atoms with Gasteiger partial charge in [-0.2, -0.15) is 0 Å². The number of carboxylic acid groups (broad SMARTS) is 1. The van der Waals surface area contributed by atoms with Gasteiger partial charge in [0.1, 0.15) is 6.04 Å². The number of hydrogen-bond acceptors (Lipinski definition) is 12. The summed E-state index contributed by atoms with van der Waals surface area (Å²) in [6.45, 7) is 10.9. The van der Waals surface area contributed by atoms with Crippen molar-refractivity contribution in [2.24, 2.45) is 17.8 Å². The molecule has 8 atom stereocenters. The highest BCUT2D eigenvalue weighted by Gasteiger charge is 2.42. The van der Waals surface area contributed by atoms with Gasteiger partial charge in [0.25, 0.3) is 5.91 Å². The van der Waals surface area contributed by atoms with Crippen molar-refractivity contribution in [2.45, 2.75) is 129 Å². The lowest BCUT2D eigenvalue weighted by atomic mass is 9.90. The average molecular weight is 919 g/mol. The van der Waals surface area contributed by atoms with E-state index in [-0.39, 0.29) is 74.9 Å². The number of carbonyl (C=O) groups is 8. The van der Waals surface area contributed by atoms with Crippen LogP contribution in [0, 0.1) is 17.8 Å². The molecule has 1 unspecified atom stereocenters. The van der Waals surface area contributed by atoms with Gasteiger partial charge in [-0.05, 0) is 69.8 Å². The molecule has 0 bridgehead atoms. The van der Waals surface area contributed by atoms with Gasteiger partial charge >= 0.3 is 5.97 Å². The third-order valence-corrected chi connectivity index (χ3v) is 11.8. The Kier molecular flexibility index (Phi) is 24.1. The Bertz CT molecular complexity index is 1740. The first-order valence-corrected chi connectivity index (χ1v) is 22.3. The maximum absolute atomic E-state index is 14.1. The number of hydroxylamine groups is 1. The van der Waals surface area contributed by atoms with Crippen LogP contribution < -0.4 is 26.7 Å². The largest absolute Gasteiger partial charge is 0.481 e. The first-order valence-electron chi connectivity index (χ1n) is 22.3. The van der Waals surface area contributed by atoms with Crippen molar-refractivity contribution in [3.05, 3.63) is 29.8 Å². The number of rotatable bonds is 28. The predicted octanol–water partition coefficient (Wildman–Crippen LogP) is 1.67. The average Bonchev–Trinajstić information content (AvgIpc) is 3.74. The third-order valence-electron chi connectivity index (χ3n) is 11.8. The summed E-state index contributed by atoms with van der Waals surface area (Å²) in [7, 11) is 8.28. The van der Waals surface area contributed by atoms with Crippen LogP contribution in [0.15, 0.2) is 24.3 Å². The second-order valence-corrected chi connectivity index (χ2v) is 17.3. The van der Waals surface area contributed by atoms with Crippen molar-refractivity contribution in [3.8, 4) is 0 Å². The van der Waals surface area contributed by atoms with E-state index in [0.29, 0.717) is 37.1 Å². The Morgan fingerprint density at radius 2 is 1.49 bits per heavy atom. The van der Waals surface area contributed by atoms with E-state index in [9.17, 15) is 38.4 Å². The molecule has 0 radical (unpaired) electrons. The molecule has 1 saturated heterocycles. The number of methoxy groups -OCH3 is 2. The smallest absolute Gasteiger partial charge is 0.303 e. The zero-order valence-electron chi connectivity index (χ0n) is 40.1. The second kappa shape index (κ2) is 28.0. The maximum atomic E-state index is 14.1. The third kappa shape index (κ3) is 18.0. The lowest BCUT2D eigenvalue weighted by molar-refractivity contribution is -0.146. The topological polar surface area (TPSA) is 254 Å². The van der Waals surface area contributed by atoms with Gasteiger partial charge in [-0.15, -0.1) is 0 Å². The number of nitrogens with one attached hydrogen (secondary N) is 5. The standard InChI is InChI=1S/C45H74N8O12/c1-12-28(4)41(52(9)38(57)25-47-45(62)40(27(2)3)51(7)8)34(63-10)23-37(56)53-22-14-15-33(53)42(64-11)29(5)43(60)46-24-36(55)50-65-26-31-18-20-32(21-19-31)49-44(61)30(6)48-35(54)16-13-17-39(58)59/h18-21,27-30,33-34,40-42H,12-17,22-26H2,1-11H3,(H,46,60)(H,47,62)(H,48,54)(H,49,61)(H,50,55)(H,58,59)/t28-,29+,30+,33-,34+,40?,41-,42+/m0/s1. The molecular weight excluding hydrogens is 845 g/mol. The number of carboxylic acids is 1. The van der Waals surface area contributed by atoms with Crippen LogP contribution in [-0.4, -0.2) is 158 Å². The lowest BCUT2D eigenvalue weighted by Crippen LogP contribution is -2.55. The number of aliphatic carboxylic acids is 1. The number of benzene rings is 1. The molecule has 1 heterocycles. The van der Waals surface area contributed by atoms with E-state index in [1.807, 2.05) is 46.7 Å². The Morgan fingerprint density at radius 3 is 2.06 bits per heavy atom. The van der Waals surface area contributed by atoms with Crippen LogP contribution in [0.2, 0.25) is 0 Å². The fraction of sp³-hybridized carbons (Fsp3) is 0.689. The Hall–Kier alpha value is -5.18. The van der Waals surface area contributed by atoms with E-state index in [4.69, 9.17) is 19.4 Å². The minimum Gasteiger partial charge on any atom is -0.481 e. The first-order chi connectivity index (χ1) is 30.7. The molecule has 1 aliphatic rings. The van der Waals surface area contributed by atoms with Crippen LogP contribution in [-0.2, 0) is 59.3 Å². The van der Waals surface area contributed by atoms with Gasteiger partial charge in [0.05, 0.1) is 62.4 Å². The molecule has 20 nitrogen and oxygen atoms in total. The lowest BCUT2D eigenvalue weighted by Gasteiger charge is -2.39. The number of carbonyl (C=O) groups excluding carboxylic acids is 7. The molecule has 1 aliphatic heterocycles. The van der Waals surface area contributed by atoms with Gasteiger partial charge in [-0.25, -0.2) is 5.48 Å². The monoisotopic (exact) mass is 919 g/mol. The Balaban J connectivity index is 1.92. The number of ether oxygens (including phenoxy) is 2. The van der Waals surface area contributed by atoms with Crippen molar-refractivity contribution < 1.29 is 57.8 Å². The predicted molar refractivity (Wildman–Crippen MR) is 242 cm³/mol. The summed E-state index contributed by atoms with van der Waals surface area (Å²) in [5.41, 5.74) is 3.41. The SMILES string of the molecule is CC[C@H](C)[C@@H]([C@@H](CC(=O)N1CCC[C@H]1[C@H](OC)[C@@H](C)C(=O)NCC(=O)NOCc1ccc(NC(=O)[C@@H](C)NC(=O)CCCC(=O)O)cc1)OC)N(C)C(=O)CNC(=O)C(C(C)C)N(C)C. The van der Waals surface area contributed by atoms with Crippen molar-refractivity contribution in [2.75, 3.05) is 60.3 Å². The fourth-order valence-corrected chi connectivity index (χ4v) is 8.13. The van der Waals surface area contributed by atoms with Crippen LogP contribution >= 0.6 is 0 Å².